The molecule has 5 nitrogen and oxygen atoms in total. The number of amides is 2. The lowest BCUT2D eigenvalue weighted by atomic mass is 10.2. The highest BCUT2D eigenvalue weighted by atomic mass is 16.2. The maximum absolute atomic E-state index is 12.8. The van der Waals surface area contributed by atoms with Crippen LogP contribution in [0, 0.1) is 13.8 Å². The summed E-state index contributed by atoms with van der Waals surface area (Å²) >= 11 is 0. The molecule has 0 saturated carbocycles. The first-order valence-electron chi connectivity index (χ1n) is 8.15. The second kappa shape index (κ2) is 6.99. The minimum absolute atomic E-state index is 0.0889. The summed E-state index contributed by atoms with van der Waals surface area (Å²) < 4.78 is 2.04. The van der Waals surface area contributed by atoms with Gasteiger partial charge in [0.15, 0.2) is 0 Å². The number of hydrogen-bond acceptors (Lipinski definition) is 2. The van der Waals surface area contributed by atoms with E-state index in [2.05, 4.69) is 0 Å². The molecule has 0 unspecified atom stereocenters. The summed E-state index contributed by atoms with van der Waals surface area (Å²) in [6.07, 6.45) is 2.33. The molecule has 0 aromatic carbocycles. The van der Waals surface area contributed by atoms with Crippen molar-refractivity contribution in [2.45, 2.75) is 40.0 Å². The van der Waals surface area contributed by atoms with Crippen LogP contribution in [0.3, 0.4) is 0 Å². The molecule has 0 aliphatic carbocycles. The van der Waals surface area contributed by atoms with Gasteiger partial charge in [-0.2, -0.15) is 0 Å². The summed E-state index contributed by atoms with van der Waals surface area (Å²) in [7, 11) is 1.98. The van der Waals surface area contributed by atoms with E-state index in [4.69, 9.17) is 0 Å². The van der Waals surface area contributed by atoms with Crippen LogP contribution in [0.2, 0.25) is 0 Å². The van der Waals surface area contributed by atoms with Crippen molar-refractivity contribution in [3.63, 3.8) is 0 Å². The van der Waals surface area contributed by atoms with E-state index in [1.165, 1.54) is 0 Å². The van der Waals surface area contributed by atoms with E-state index >= 15 is 0 Å². The van der Waals surface area contributed by atoms with Crippen molar-refractivity contribution >= 4 is 11.8 Å². The minimum Gasteiger partial charge on any atom is -0.351 e. The van der Waals surface area contributed by atoms with Gasteiger partial charge < -0.3 is 14.4 Å². The second-order valence-corrected chi connectivity index (χ2v) is 6.12. The van der Waals surface area contributed by atoms with Crippen molar-refractivity contribution in [3.05, 3.63) is 23.0 Å². The molecule has 122 valence electrons. The molecular formula is C17H27N3O2. The van der Waals surface area contributed by atoms with Gasteiger partial charge in [-0.1, -0.05) is 6.92 Å². The molecule has 0 radical (unpaired) electrons. The molecule has 0 atom stereocenters. The van der Waals surface area contributed by atoms with Crippen LogP contribution in [-0.4, -0.2) is 52.4 Å². The van der Waals surface area contributed by atoms with Gasteiger partial charge in [0.25, 0.3) is 5.91 Å². The van der Waals surface area contributed by atoms with Gasteiger partial charge in [0, 0.05) is 51.0 Å². The fourth-order valence-electron chi connectivity index (χ4n) is 2.98. The quantitative estimate of drug-likeness (QED) is 0.858. The molecule has 0 N–H and O–H groups in total. The zero-order valence-corrected chi connectivity index (χ0v) is 14.2. The smallest absolute Gasteiger partial charge is 0.255 e. The van der Waals surface area contributed by atoms with Gasteiger partial charge in [-0.25, -0.2) is 0 Å². The Hall–Kier alpha value is -1.78. The predicted molar refractivity (Wildman–Crippen MR) is 86.9 cm³/mol. The Balaban J connectivity index is 2.06. The van der Waals surface area contributed by atoms with Crippen LogP contribution in [0.5, 0.6) is 0 Å². The lowest BCUT2D eigenvalue weighted by Gasteiger charge is -2.22. The Morgan fingerprint density at radius 3 is 2.32 bits per heavy atom. The molecule has 1 fully saturated rings. The summed E-state index contributed by atoms with van der Waals surface area (Å²) in [5.74, 6) is 0.300. The number of hydrogen-bond donors (Lipinski definition) is 0. The normalized spacial score (nSPS) is 15.8. The predicted octanol–water partition coefficient (Wildman–Crippen LogP) is 2.12. The number of aromatic nitrogens is 1. The summed E-state index contributed by atoms with van der Waals surface area (Å²) in [6, 6.07) is 1.96. The van der Waals surface area contributed by atoms with E-state index < -0.39 is 0 Å². The monoisotopic (exact) mass is 305 g/mol. The minimum atomic E-state index is 0.0889. The van der Waals surface area contributed by atoms with Gasteiger partial charge in [-0.3, -0.25) is 9.59 Å². The number of nitrogens with zero attached hydrogens (tertiary/aromatic N) is 3. The fraction of sp³-hybridized carbons (Fsp3) is 0.647. The fourth-order valence-corrected chi connectivity index (χ4v) is 2.98. The molecule has 2 heterocycles. The molecular weight excluding hydrogens is 278 g/mol. The Kier molecular flexibility index (Phi) is 5.27. The van der Waals surface area contributed by atoms with E-state index in [9.17, 15) is 9.59 Å². The van der Waals surface area contributed by atoms with Crippen LogP contribution < -0.4 is 0 Å². The van der Waals surface area contributed by atoms with Crippen LogP contribution in [-0.2, 0) is 11.8 Å². The van der Waals surface area contributed by atoms with Crippen molar-refractivity contribution in [1.29, 1.82) is 0 Å². The van der Waals surface area contributed by atoms with Crippen LogP contribution in [0.1, 0.15) is 47.9 Å². The number of aryl methyl sites for hydroxylation is 1. The number of rotatable bonds is 3. The third-order valence-corrected chi connectivity index (χ3v) is 4.61. The van der Waals surface area contributed by atoms with E-state index in [0.29, 0.717) is 19.5 Å². The van der Waals surface area contributed by atoms with Crippen molar-refractivity contribution < 1.29 is 9.59 Å². The third-order valence-electron chi connectivity index (χ3n) is 4.61. The summed E-state index contributed by atoms with van der Waals surface area (Å²) in [5.41, 5.74) is 2.88. The molecule has 1 aliphatic heterocycles. The number of carbonyl (C=O) groups is 2. The molecule has 0 bridgehead atoms. The van der Waals surface area contributed by atoms with Crippen LogP contribution >= 0.6 is 0 Å². The standard InChI is InChI=1S/C17H27N3O2/c1-5-7-16(21)19-8-6-9-20(11-10-19)17(22)15-12-13(2)18(4)14(15)3/h12H,5-11H2,1-4H3. The third kappa shape index (κ3) is 3.34. The Bertz CT molecular complexity index is 562. The van der Waals surface area contributed by atoms with Gasteiger partial charge >= 0.3 is 0 Å². The molecule has 5 heteroatoms. The summed E-state index contributed by atoms with van der Waals surface area (Å²) in [6.45, 7) is 8.77. The molecule has 1 aromatic rings. The van der Waals surface area contributed by atoms with Crippen LogP contribution in [0.4, 0.5) is 0 Å². The lowest BCUT2D eigenvalue weighted by molar-refractivity contribution is -0.131. The van der Waals surface area contributed by atoms with Gasteiger partial charge in [0.05, 0.1) is 5.56 Å². The van der Waals surface area contributed by atoms with Gasteiger partial charge in [0.1, 0.15) is 0 Å². The van der Waals surface area contributed by atoms with Crippen molar-refractivity contribution in [2.75, 3.05) is 26.2 Å². The first kappa shape index (κ1) is 16.6. The molecule has 2 amide bonds. The zero-order valence-electron chi connectivity index (χ0n) is 14.2. The average molecular weight is 305 g/mol. The van der Waals surface area contributed by atoms with Crippen molar-refractivity contribution in [3.8, 4) is 0 Å². The molecule has 2 rings (SSSR count). The van der Waals surface area contributed by atoms with Gasteiger partial charge in [0.2, 0.25) is 5.91 Å². The van der Waals surface area contributed by atoms with Crippen molar-refractivity contribution in [2.24, 2.45) is 7.05 Å². The molecule has 1 aromatic heterocycles. The Morgan fingerprint density at radius 2 is 1.73 bits per heavy atom. The second-order valence-electron chi connectivity index (χ2n) is 6.12. The first-order valence-corrected chi connectivity index (χ1v) is 8.15. The van der Waals surface area contributed by atoms with Crippen molar-refractivity contribution in [1.82, 2.24) is 14.4 Å². The highest BCUT2D eigenvalue weighted by molar-refractivity contribution is 5.95. The summed E-state index contributed by atoms with van der Waals surface area (Å²) in [4.78, 5) is 28.6. The maximum Gasteiger partial charge on any atom is 0.255 e. The van der Waals surface area contributed by atoms with Gasteiger partial charge in [-0.15, -0.1) is 0 Å². The molecule has 22 heavy (non-hydrogen) atoms. The van der Waals surface area contributed by atoms with Crippen LogP contribution in [0.25, 0.3) is 0 Å². The van der Waals surface area contributed by atoms with E-state index in [-0.39, 0.29) is 11.8 Å². The highest BCUT2D eigenvalue weighted by Gasteiger charge is 2.24. The average Bonchev–Trinajstić information content (AvgIpc) is 2.71. The van der Waals surface area contributed by atoms with E-state index in [1.807, 2.05) is 48.3 Å². The maximum atomic E-state index is 12.8. The molecule has 1 aliphatic rings. The largest absolute Gasteiger partial charge is 0.351 e. The van der Waals surface area contributed by atoms with Gasteiger partial charge in [-0.05, 0) is 32.8 Å². The topological polar surface area (TPSA) is 45.6 Å². The molecule has 1 saturated heterocycles. The van der Waals surface area contributed by atoms with E-state index in [1.54, 1.807) is 0 Å². The zero-order chi connectivity index (χ0) is 16.3. The summed E-state index contributed by atoms with van der Waals surface area (Å²) in [5, 5.41) is 0. The molecule has 0 spiro atoms. The Labute approximate surface area is 132 Å². The first-order chi connectivity index (χ1) is 10.5. The van der Waals surface area contributed by atoms with E-state index in [0.717, 1.165) is 42.9 Å². The highest BCUT2D eigenvalue weighted by Crippen LogP contribution is 2.17. The SMILES string of the molecule is CCCC(=O)N1CCCN(C(=O)c2cc(C)n(C)c2C)CC1. The van der Waals surface area contributed by atoms with Crippen LogP contribution in [0.15, 0.2) is 6.07 Å². The Morgan fingerprint density at radius 1 is 1.09 bits per heavy atom. The number of carbonyl (C=O) groups excluding carboxylic acids is 2. The lowest BCUT2D eigenvalue weighted by Crippen LogP contribution is -2.37.